The van der Waals surface area contributed by atoms with Gasteiger partial charge in [-0.15, -0.1) is 0 Å². The lowest BCUT2D eigenvalue weighted by molar-refractivity contribution is -0.391. The SMILES string of the molecule is CCCCCCCCCCCCCCCCCCOC1OC(COS(=O)(=O)O)C(OC2OC(COS(=O)(=O)O)C(OC3OC(COS(=O)(=O)O)C(OC4OC(COS(=O)(=O)O)C(OC5OC(COS(=O)(=O)O)C(OC6OC(COS(=O)(=O)O)C(OS(=O)(=O)O)C(OS(=O)(=O)O)C6O)C(OS(=O)(=O)O)C5O)C(O)C4OS(=O)(=O)O)C(O)C3OS(=O)(=O)O)C(OS(=O)(=O)O)C2O)C(OS(=O)(=O)O)C1O. The molecule has 0 aromatic carbocycles. The summed E-state index contributed by atoms with van der Waals surface area (Å²) in [4.78, 5) is 0. The Morgan fingerprint density at radius 1 is 0.190 bits per heavy atom. The van der Waals surface area contributed by atoms with Crippen LogP contribution in [0.1, 0.15) is 110 Å². The summed E-state index contributed by atoms with van der Waals surface area (Å²) in [5, 5.41) is 71.5. The first-order chi connectivity index (χ1) is 62.5. The Labute approximate surface area is 781 Å². The summed E-state index contributed by atoms with van der Waals surface area (Å²) < 4.78 is 571. The minimum atomic E-state index is -6.50. The molecule has 19 N–H and O–H groups in total. The molecule has 30 unspecified atom stereocenters. The summed E-state index contributed by atoms with van der Waals surface area (Å²) in [6.07, 6.45) is -80.4. The van der Waals surface area contributed by atoms with Crippen LogP contribution in [0.4, 0.5) is 0 Å². The van der Waals surface area contributed by atoms with E-state index >= 15 is 0 Å². The summed E-state index contributed by atoms with van der Waals surface area (Å²) in [5.41, 5.74) is 0. The van der Waals surface area contributed by atoms with E-state index in [2.05, 4.69) is 61.3 Å². The summed E-state index contributed by atoms with van der Waals surface area (Å²) >= 11 is 0. The molecular weight excluding hydrogens is 2190 g/mol. The van der Waals surface area contributed by atoms with Crippen molar-refractivity contribution < 1.29 is 310 Å². The van der Waals surface area contributed by atoms with Gasteiger partial charge in [0.15, 0.2) is 49.9 Å². The highest BCUT2D eigenvalue weighted by molar-refractivity contribution is 7.83. The molecule has 6 fully saturated rings. The van der Waals surface area contributed by atoms with Gasteiger partial charge in [0, 0.05) is 6.61 Å². The summed E-state index contributed by atoms with van der Waals surface area (Å²) in [6, 6.07) is 0. The van der Waals surface area contributed by atoms with Gasteiger partial charge in [-0.1, -0.05) is 103 Å². The Kier molecular flexibility index (Phi) is 46.3. The van der Waals surface area contributed by atoms with Gasteiger partial charge in [-0.2, -0.15) is 109 Å². The molecule has 6 aliphatic heterocycles. The monoisotopic (exact) mass is 2280 g/mol. The minimum absolute atomic E-state index is 0.139. The second kappa shape index (κ2) is 51.5. The van der Waals surface area contributed by atoms with E-state index in [0.29, 0.717) is 12.8 Å². The summed E-state index contributed by atoms with van der Waals surface area (Å²) in [5.74, 6) is 0. The van der Waals surface area contributed by atoms with E-state index in [0.717, 1.165) is 64.2 Å². The molecular formula is C54H98O70S13. The summed E-state index contributed by atoms with van der Waals surface area (Å²) in [7, 11) is -79.9. The van der Waals surface area contributed by atoms with Crippen LogP contribution >= 0.6 is 0 Å². The van der Waals surface area contributed by atoms with Gasteiger partial charge in [0.25, 0.3) is 0 Å². The zero-order valence-electron chi connectivity index (χ0n) is 69.2. The predicted molar refractivity (Wildman–Crippen MR) is 418 cm³/mol. The van der Waals surface area contributed by atoms with Crippen LogP contribution in [0.25, 0.3) is 0 Å². The maximum absolute atomic E-state index is 12.9. The van der Waals surface area contributed by atoms with Crippen LogP contribution in [0, 0.1) is 0 Å². The number of aliphatic hydroxyl groups is 6. The van der Waals surface area contributed by atoms with Crippen molar-refractivity contribution in [2.75, 3.05) is 46.2 Å². The molecule has 0 amide bonds. The lowest BCUT2D eigenvalue weighted by Crippen LogP contribution is -2.69. The van der Waals surface area contributed by atoms with Gasteiger partial charge in [-0.25, -0.2) is 54.4 Å². The van der Waals surface area contributed by atoms with E-state index in [4.69, 9.17) is 56.8 Å². The third-order valence-electron chi connectivity index (χ3n) is 19.3. The standard InChI is InChI=1S/C54H98O70S13/c1-2-3-4-5-6-7-8-9-10-11-12-13-14-15-16-17-18-100-49-33(57)43(119-132(82,83)84)39(27(107-49)21-103-127(67,68)69)115-51-35(59)45(121-134(88,89)90)41(29(109-51)23-105-129(73,74)75)117-54-48(124-137(97,98)99)32(56)38(26(112-54)20-102-126(64,65)66)114-53-47(123-136(94,95)96)31(55)37(25(111-53)19-101-125(61,62)63)113-50-34(58)44(120-133(85,86)87)40(28(108-50)22-104-128(70,71)72)116-52-36(60)46(122-135(91,92)93)42(118-131(79,80)81)30(110-52)24-106-130(76,77)78/h25-60H,2-24H2,1H3,(H,61,62,63)(H,64,65,66)(H,67,68,69)(H,70,71,72)(H,73,74,75)(H,76,77,78)(H,79,80,81)(H,82,83,84)(H,85,86,87)(H,88,89,90)(H,91,92,93)(H,94,95,96)(H,97,98,99). The molecule has 137 heavy (non-hydrogen) atoms. The number of hydrogen-bond donors (Lipinski definition) is 19. The minimum Gasteiger partial charge on any atom is -0.387 e. The molecule has 812 valence electrons. The van der Waals surface area contributed by atoms with Gasteiger partial charge in [0.1, 0.15) is 134 Å². The maximum Gasteiger partial charge on any atom is 0.397 e. The molecule has 6 heterocycles. The third-order valence-corrected chi connectivity index (χ3v) is 25.2. The van der Waals surface area contributed by atoms with Crippen molar-refractivity contribution in [1.29, 1.82) is 0 Å². The van der Waals surface area contributed by atoms with Crippen molar-refractivity contribution in [1.82, 2.24) is 0 Å². The zero-order valence-corrected chi connectivity index (χ0v) is 79.8. The fraction of sp³-hybridized carbons (Fsp3) is 1.00. The molecule has 6 rings (SSSR count). The predicted octanol–water partition coefficient (Wildman–Crippen LogP) is -9.06. The maximum atomic E-state index is 12.9. The van der Waals surface area contributed by atoms with Gasteiger partial charge in [0.2, 0.25) is 0 Å². The molecule has 0 aromatic heterocycles. The number of ether oxygens (including phenoxy) is 12. The smallest absolute Gasteiger partial charge is 0.387 e. The van der Waals surface area contributed by atoms with Crippen LogP contribution in [-0.2, 0) is 246 Å². The first kappa shape index (κ1) is 123. The van der Waals surface area contributed by atoms with Gasteiger partial charge in [-0.05, 0) is 6.42 Å². The molecule has 0 aromatic rings. The molecule has 30 atom stereocenters. The van der Waals surface area contributed by atoms with Crippen LogP contribution in [-0.4, -0.2) is 430 Å². The Balaban J connectivity index is 1.40. The van der Waals surface area contributed by atoms with E-state index in [9.17, 15) is 199 Å². The van der Waals surface area contributed by atoms with Crippen LogP contribution in [0.3, 0.4) is 0 Å². The Morgan fingerprint density at radius 2 is 0.365 bits per heavy atom. The molecule has 0 saturated carbocycles. The van der Waals surface area contributed by atoms with E-state index in [1.807, 2.05) is 0 Å². The van der Waals surface area contributed by atoms with Crippen LogP contribution in [0.15, 0.2) is 0 Å². The average molecular weight is 2280 g/mol. The van der Waals surface area contributed by atoms with Crippen molar-refractivity contribution in [3.8, 4) is 0 Å². The zero-order chi connectivity index (χ0) is 104. The quantitative estimate of drug-likeness (QED) is 0.0199. The van der Waals surface area contributed by atoms with Gasteiger partial charge in [-0.3, -0.25) is 59.2 Å². The topological polar surface area (TPSA) is 1060 Å². The molecule has 6 aliphatic rings. The molecule has 83 heteroatoms. The number of unbranched alkanes of at least 4 members (excludes halogenated alkanes) is 15. The fourth-order valence-electron chi connectivity index (χ4n) is 14.0. The second-order valence-corrected chi connectivity index (χ2v) is 43.5. The highest BCUT2D eigenvalue weighted by atomic mass is 32.3. The lowest BCUT2D eigenvalue weighted by atomic mass is 9.95. The van der Waals surface area contributed by atoms with Crippen molar-refractivity contribution in [2.45, 2.75) is 294 Å². The largest absolute Gasteiger partial charge is 0.397 e. The van der Waals surface area contributed by atoms with Gasteiger partial charge >= 0.3 is 135 Å². The first-order valence-corrected chi connectivity index (χ1v) is 56.4. The van der Waals surface area contributed by atoms with E-state index in [1.54, 1.807) is 0 Å². The molecule has 0 radical (unpaired) electrons. The van der Waals surface area contributed by atoms with Crippen molar-refractivity contribution in [2.24, 2.45) is 0 Å². The van der Waals surface area contributed by atoms with E-state index in [-0.39, 0.29) is 6.42 Å². The number of aliphatic hydroxyl groups excluding tert-OH is 6. The van der Waals surface area contributed by atoms with Crippen LogP contribution < -0.4 is 0 Å². The molecule has 0 bridgehead atoms. The molecule has 70 nitrogen and oxygen atoms in total. The van der Waals surface area contributed by atoms with E-state index < -0.39 is 366 Å². The summed E-state index contributed by atoms with van der Waals surface area (Å²) in [6.45, 7) is -10.4. The molecule has 0 aliphatic carbocycles. The fourth-order valence-corrected chi connectivity index (χ4v) is 19.3. The molecule has 0 spiro atoms. The lowest BCUT2D eigenvalue weighted by Gasteiger charge is -2.50. The Hall–Kier alpha value is -2.41. The van der Waals surface area contributed by atoms with Crippen molar-refractivity contribution in [3.05, 3.63) is 0 Å². The van der Waals surface area contributed by atoms with Gasteiger partial charge in [0.05, 0.1) is 39.6 Å². The Bertz CT molecular complexity index is 5420. The number of hydrogen-bond acceptors (Lipinski definition) is 57. The highest BCUT2D eigenvalue weighted by Gasteiger charge is 2.63. The highest BCUT2D eigenvalue weighted by Crippen LogP contribution is 2.42. The normalized spacial score (nSPS) is 33.8. The average Bonchev–Trinajstić information content (AvgIpc) is 0.755. The van der Waals surface area contributed by atoms with Crippen LogP contribution in [0.2, 0.25) is 0 Å². The van der Waals surface area contributed by atoms with Crippen molar-refractivity contribution in [3.63, 3.8) is 0 Å². The van der Waals surface area contributed by atoms with E-state index in [1.165, 1.54) is 19.3 Å². The van der Waals surface area contributed by atoms with Crippen LogP contribution in [0.5, 0.6) is 0 Å². The van der Waals surface area contributed by atoms with Gasteiger partial charge < -0.3 is 87.5 Å². The third kappa shape index (κ3) is 44.7. The first-order valence-electron chi connectivity index (χ1n) is 38.7. The molecule has 6 saturated heterocycles. The second-order valence-electron chi connectivity index (χ2n) is 29.6. The number of rotatable bonds is 60. The Morgan fingerprint density at radius 3 is 0.613 bits per heavy atom. The van der Waals surface area contributed by atoms with Crippen molar-refractivity contribution >= 4 is 135 Å².